The number of hydrogen-bond donors (Lipinski definition) is 1. The molecule has 0 unspecified atom stereocenters. The van der Waals surface area contributed by atoms with E-state index in [0.29, 0.717) is 12.4 Å². The van der Waals surface area contributed by atoms with Gasteiger partial charge in [0.15, 0.2) is 0 Å². The number of nitrogens with zero attached hydrogens (tertiary/aromatic N) is 3. The Kier molecular flexibility index (Phi) is 7.31. The zero-order chi connectivity index (χ0) is 24.2. The summed E-state index contributed by atoms with van der Waals surface area (Å²) in [6.07, 6.45) is 0. The molecule has 0 fully saturated rings. The van der Waals surface area contributed by atoms with Gasteiger partial charge in [0.1, 0.15) is 18.2 Å². The monoisotopic (exact) mass is 450 g/mol. The number of hydrogen-bond acceptors (Lipinski definition) is 3. The van der Waals surface area contributed by atoms with Crippen molar-refractivity contribution in [1.29, 1.82) is 0 Å². The van der Waals surface area contributed by atoms with Crippen molar-refractivity contribution in [3.63, 3.8) is 0 Å². The molecule has 1 N–H and O–H groups in total. The van der Waals surface area contributed by atoms with Crippen molar-refractivity contribution < 1.29 is 14.0 Å². The molecule has 1 heterocycles. The average molecular weight is 451 g/mol. The smallest absolute Gasteiger partial charge is 0.254 e. The van der Waals surface area contributed by atoms with Crippen LogP contribution in [0.1, 0.15) is 50.7 Å². The molecule has 0 radical (unpaired) electrons. The molecule has 1 aromatic heterocycles. The quantitative estimate of drug-likeness (QED) is 0.548. The fourth-order valence-corrected chi connectivity index (χ4v) is 3.42. The molecule has 0 saturated carbocycles. The molecule has 2 aromatic carbocycles. The van der Waals surface area contributed by atoms with Crippen LogP contribution < -0.4 is 5.32 Å². The first-order chi connectivity index (χ1) is 15.5. The van der Waals surface area contributed by atoms with Crippen molar-refractivity contribution in [2.24, 2.45) is 5.92 Å². The summed E-state index contributed by atoms with van der Waals surface area (Å²) in [5.41, 5.74) is 1.65. The first-order valence-electron chi connectivity index (χ1n) is 11.1. The van der Waals surface area contributed by atoms with E-state index in [1.54, 1.807) is 10.7 Å². The molecular formula is C26H31FN4O2. The Hall–Kier alpha value is -3.48. The second-order valence-corrected chi connectivity index (χ2v) is 9.55. The molecule has 3 rings (SSSR count). The molecule has 33 heavy (non-hydrogen) atoms. The van der Waals surface area contributed by atoms with Crippen LogP contribution in [0, 0.1) is 11.7 Å². The number of carbonyl (C=O) groups excluding carboxylic acids is 2. The maximum absolute atomic E-state index is 13.6. The number of aromatic nitrogens is 2. The van der Waals surface area contributed by atoms with E-state index in [2.05, 4.69) is 26.1 Å². The minimum absolute atomic E-state index is 0.137. The van der Waals surface area contributed by atoms with E-state index < -0.39 is 5.82 Å². The fraction of sp³-hybridized carbons (Fsp3) is 0.346. The van der Waals surface area contributed by atoms with E-state index in [1.165, 1.54) is 23.1 Å². The van der Waals surface area contributed by atoms with Gasteiger partial charge in [0, 0.05) is 23.6 Å². The zero-order valence-corrected chi connectivity index (χ0v) is 19.8. The van der Waals surface area contributed by atoms with Gasteiger partial charge < -0.3 is 10.2 Å². The van der Waals surface area contributed by atoms with Crippen LogP contribution >= 0.6 is 0 Å². The van der Waals surface area contributed by atoms with E-state index >= 15 is 0 Å². The van der Waals surface area contributed by atoms with Gasteiger partial charge in [-0.1, -0.05) is 58.9 Å². The highest BCUT2D eigenvalue weighted by atomic mass is 19.1. The highest BCUT2D eigenvalue weighted by Crippen LogP contribution is 2.26. The summed E-state index contributed by atoms with van der Waals surface area (Å²) in [6, 6.07) is 16.9. The third kappa shape index (κ3) is 6.28. The van der Waals surface area contributed by atoms with Crippen molar-refractivity contribution in [2.75, 3.05) is 18.4 Å². The summed E-state index contributed by atoms with van der Waals surface area (Å²) in [6.45, 7) is 10.3. The molecule has 0 aliphatic carbocycles. The Bertz CT molecular complexity index is 1120. The lowest BCUT2D eigenvalue weighted by Crippen LogP contribution is -2.40. The number of benzene rings is 2. The molecule has 174 valence electrons. The SMILES string of the molecule is CC(C)CN(CC(=O)Nc1cc(C(C)(C)C)nn1-c1ccccc1)C(=O)c1cccc(F)c1. The average Bonchev–Trinajstić information content (AvgIpc) is 3.17. The third-order valence-electron chi connectivity index (χ3n) is 5.02. The summed E-state index contributed by atoms with van der Waals surface area (Å²) in [5.74, 6) is -0.559. The number of anilines is 1. The van der Waals surface area contributed by atoms with Crippen LogP contribution in [0.2, 0.25) is 0 Å². The van der Waals surface area contributed by atoms with Gasteiger partial charge in [-0.05, 0) is 36.2 Å². The van der Waals surface area contributed by atoms with Gasteiger partial charge >= 0.3 is 0 Å². The van der Waals surface area contributed by atoms with Gasteiger partial charge in [-0.3, -0.25) is 9.59 Å². The van der Waals surface area contributed by atoms with E-state index in [9.17, 15) is 14.0 Å². The van der Waals surface area contributed by atoms with Crippen molar-refractivity contribution in [3.05, 3.63) is 77.7 Å². The molecule has 0 spiro atoms. The summed E-state index contributed by atoms with van der Waals surface area (Å²) in [4.78, 5) is 27.5. The summed E-state index contributed by atoms with van der Waals surface area (Å²) >= 11 is 0. The summed E-state index contributed by atoms with van der Waals surface area (Å²) < 4.78 is 15.3. The minimum atomic E-state index is -0.490. The lowest BCUT2D eigenvalue weighted by atomic mass is 9.92. The second kappa shape index (κ2) is 9.98. The predicted octanol–water partition coefficient (Wildman–Crippen LogP) is 5.05. The molecular weight excluding hydrogens is 419 g/mol. The molecule has 3 aromatic rings. The number of carbonyl (C=O) groups is 2. The Labute approximate surface area is 194 Å². The molecule has 0 atom stereocenters. The molecule has 7 heteroatoms. The van der Waals surface area contributed by atoms with Crippen LogP contribution in [0.25, 0.3) is 5.69 Å². The second-order valence-electron chi connectivity index (χ2n) is 9.55. The maximum atomic E-state index is 13.6. The van der Waals surface area contributed by atoms with Crippen molar-refractivity contribution in [2.45, 2.75) is 40.0 Å². The van der Waals surface area contributed by atoms with Crippen LogP contribution in [0.5, 0.6) is 0 Å². The highest BCUT2D eigenvalue weighted by Gasteiger charge is 2.24. The Morgan fingerprint density at radius 3 is 2.36 bits per heavy atom. The number of nitrogens with one attached hydrogen (secondary N) is 1. The van der Waals surface area contributed by atoms with Gasteiger partial charge in [0.05, 0.1) is 11.4 Å². The fourth-order valence-electron chi connectivity index (χ4n) is 3.42. The van der Waals surface area contributed by atoms with E-state index in [0.717, 1.165) is 11.4 Å². The number of para-hydroxylation sites is 1. The Balaban J connectivity index is 1.85. The Morgan fingerprint density at radius 1 is 1.06 bits per heavy atom. The first kappa shape index (κ1) is 24.2. The van der Waals surface area contributed by atoms with Crippen molar-refractivity contribution in [3.8, 4) is 5.69 Å². The van der Waals surface area contributed by atoms with Crippen LogP contribution in [0.4, 0.5) is 10.2 Å². The van der Waals surface area contributed by atoms with Gasteiger partial charge in [0.25, 0.3) is 5.91 Å². The van der Waals surface area contributed by atoms with E-state index in [4.69, 9.17) is 5.10 Å². The van der Waals surface area contributed by atoms with E-state index in [-0.39, 0.29) is 35.3 Å². The topological polar surface area (TPSA) is 67.2 Å². The standard InChI is InChI=1S/C26H31FN4O2/c1-18(2)16-30(25(33)19-10-9-11-20(27)14-19)17-24(32)28-23-15-22(26(3,4)5)29-31(23)21-12-7-6-8-13-21/h6-15,18H,16-17H2,1-5H3,(H,28,32). The molecule has 0 aliphatic rings. The predicted molar refractivity (Wildman–Crippen MR) is 128 cm³/mol. The molecule has 0 bridgehead atoms. The van der Waals surface area contributed by atoms with Crippen molar-refractivity contribution in [1.82, 2.24) is 14.7 Å². The maximum Gasteiger partial charge on any atom is 0.254 e. The molecule has 6 nitrogen and oxygen atoms in total. The summed E-state index contributed by atoms with van der Waals surface area (Å²) in [7, 11) is 0. The number of rotatable bonds is 7. The van der Waals surface area contributed by atoms with Crippen LogP contribution in [0.3, 0.4) is 0 Å². The van der Waals surface area contributed by atoms with E-state index in [1.807, 2.05) is 50.2 Å². The van der Waals surface area contributed by atoms with Crippen molar-refractivity contribution >= 4 is 17.6 Å². The number of amides is 2. The lowest BCUT2D eigenvalue weighted by molar-refractivity contribution is -0.117. The highest BCUT2D eigenvalue weighted by molar-refractivity contribution is 5.99. The third-order valence-corrected chi connectivity index (χ3v) is 5.02. The molecule has 2 amide bonds. The molecule has 0 saturated heterocycles. The first-order valence-corrected chi connectivity index (χ1v) is 11.1. The van der Waals surface area contributed by atoms with Gasteiger partial charge in [-0.25, -0.2) is 9.07 Å². The zero-order valence-electron chi connectivity index (χ0n) is 19.8. The van der Waals surface area contributed by atoms with Crippen LogP contribution in [-0.2, 0) is 10.2 Å². The minimum Gasteiger partial charge on any atom is -0.329 e. The lowest BCUT2D eigenvalue weighted by Gasteiger charge is -2.24. The van der Waals surface area contributed by atoms with Gasteiger partial charge in [-0.2, -0.15) is 5.10 Å². The number of halogens is 1. The normalized spacial score (nSPS) is 11.5. The van der Waals surface area contributed by atoms with Gasteiger partial charge in [0.2, 0.25) is 5.91 Å². The van der Waals surface area contributed by atoms with Crippen LogP contribution in [-0.4, -0.2) is 39.6 Å². The Morgan fingerprint density at radius 2 is 1.76 bits per heavy atom. The summed E-state index contributed by atoms with van der Waals surface area (Å²) in [5, 5.41) is 7.62. The largest absolute Gasteiger partial charge is 0.329 e. The van der Waals surface area contributed by atoms with Gasteiger partial charge in [-0.15, -0.1) is 0 Å². The van der Waals surface area contributed by atoms with Crippen LogP contribution in [0.15, 0.2) is 60.7 Å². The molecule has 0 aliphatic heterocycles.